The predicted molar refractivity (Wildman–Crippen MR) is 146 cm³/mol. The zero-order valence-electron chi connectivity index (χ0n) is 18.1. The van der Waals surface area contributed by atoms with Gasteiger partial charge in [0, 0.05) is 26.6 Å². The standard InChI is InChI=1S/C22H21BrF2NO5PS3.Na.H/c23-22-11-18(5-6-19(22)12-32(27,30-24)31-25)14-33-13-16-1-3-17(4-2-16)15-34-20-7-9-21(10-8-20)35(26,28)29;;/h1-11H,12-15H2,(H2,26,28,29);;. The number of hydrogen-bond acceptors (Lipinski definition) is 7. The molecule has 0 aliphatic carbocycles. The van der Waals surface area contributed by atoms with E-state index in [1.807, 2.05) is 0 Å². The van der Waals surface area contributed by atoms with Gasteiger partial charge in [0.15, 0.2) is 0 Å². The van der Waals surface area contributed by atoms with E-state index < -0.39 is 23.8 Å². The Bertz CT molecular complexity index is 1290. The minimum absolute atomic E-state index is 0. The first-order chi connectivity index (χ1) is 16.6. The Hall–Kier alpha value is -0.240. The number of sulfonamides is 1. The van der Waals surface area contributed by atoms with Crippen LogP contribution in [0.25, 0.3) is 0 Å². The van der Waals surface area contributed by atoms with Crippen molar-refractivity contribution >= 4 is 86.6 Å². The van der Waals surface area contributed by atoms with Crippen LogP contribution in [0.5, 0.6) is 0 Å². The molecule has 2 N–H and O–H groups in total. The van der Waals surface area contributed by atoms with Gasteiger partial charge < -0.3 is 0 Å². The summed E-state index contributed by atoms with van der Waals surface area (Å²) in [5.74, 6) is 2.25. The second-order valence-electron chi connectivity index (χ2n) is 7.45. The summed E-state index contributed by atoms with van der Waals surface area (Å²) >= 11 is 6.63. The summed E-state index contributed by atoms with van der Waals surface area (Å²) in [6.45, 7) is 0. The quantitative estimate of drug-likeness (QED) is 0.133. The molecule has 0 saturated heterocycles. The van der Waals surface area contributed by atoms with Gasteiger partial charge >= 0.3 is 37.2 Å². The van der Waals surface area contributed by atoms with Crippen LogP contribution in [0.2, 0.25) is 0 Å². The average Bonchev–Trinajstić information content (AvgIpc) is 2.85. The van der Waals surface area contributed by atoms with Gasteiger partial charge in [0.2, 0.25) is 10.0 Å². The van der Waals surface area contributed by atoms with Crippen molar-refractivity contribution in [3.05, 3.63) is 93.5 Å². The Morgan fingerprint density at radius 1 is 0.861 bits per heavy atom. The van der Waals surface area contributed by atoms with Crippen molar-refractivity contribution in [1.82, 2.24) is 0 Å². The van der Waals surface area contributed by atoms with Crippen molar-refractivity contribution in [2.24, 2.45) is 5.14 Å². The molecule has 0 amide bonds. The van der Waals surface area contributed by atoms with Gasteiger partial charge in [-0.15, -0.1) is 21.2 Å². The molecule has 3 aromatic rings. The molecule has 0 radical (unpaired) electrons. The number of hydrogen-bond donors (Lipinski definition) is 1. The maximum absolute atomic E-state index is 12.3. The SMILES string of the molecule is NS(=O)(=O)c1ccc(SCc2ccc(CSCc3ccc(CP(=O)(OF)OF)c(Br)c3)cc2)cc1.[NaH]. The monoisotopic (exact) mass is 647 g/mol. The van der Waals surface area contributed by atoms with Crippen LogP contribution in [0, 0.1) is 0 Å². The van der Waals surface area contributed by atoms with E-state index >= 15 is 0 Å². The number of nitrogens with two attached hydrogens (primary N) is 1. The summed E-state index contributed by atoms with van der Waals surface area (Å²) < 4.78 is 65.8. The Morgan fingerprint density at radius 3 is 1.92 bits per heavy atom. The molecule has 3 rings (SSSR count). The Kier molecular flexibility index (Phi) is 13.1. The van der Waals surface area contributed by atoms with E-state index in [1.165, 1.54) is 12.1 Å². The summed E-state index contributed by atoms with van der Waals surface area (Å²) in [6.07, 6.45) is -0.528. The van der Waals surface area contributed by atoms with Crippen LogP contribution in [0.4, 0.5) is 9.05 Å². The van der Waals surface area contributed by atoms with E-state index in [4.69, 9.17) is 5.14 Å². The molecule has 36 heavy (non-hydrogen) atoms. The summed E-state index contributed by atoms with van der Waals surface area (Å²) in [7, 11) is -8.13. The molecule has 14 heteroatoms. The third-order valence-electron chi connectivity index (χ3n) is 4.81. The summed E-state index contributed by atoms with van der Waals surface area (Å²) in [5, 5.41) is 5.12. The maximum atomic E-state index is 12.3. The van der Waals surface area contributed by atoms with Crippen LogP contribution in [0.3, 0.4) is 0 Å². The molecule has 0 unspecified atom stereocenters. The average molecular weight is 648 g/mol. The molecular formula is C22H22BrF2NNaO5PS3. The number of primary sulfonamides is 1. The van der Waals surface area contributed by atoms with Crippen LogP contribution < -0.4 is 5.14 Å². The normalized spacial score (nSPS) is 11.8. The molecular weight excluding hydrogens is 626 g/mol. The molecule has 190 valence electrons. The number of rotatable bonds is 12. The van der Waals surface area contributed by atoms with Crippen LogP contribution in [0.15, 0.2) is 81.0 Å². The third-order valence-corrected chi connectivity index (χ3v) is 9.78. The topological polar surface area (TPSA) is 95.7 Å². The Morgan fingerprint density at radius 2 is 1.39 bits per heavy atom. The van der Waals surface area contributed by atoms with Crippen molar-refractivity contribution in [3.63, 3.8) is 0 Å². The van der Waals surface area contributed by atoms with Crippen molar-refractivity contribution < 1.29 is 31.5 Å². The number of benzene rings is 3. The molecule has 0 aromatic heterocycles. The first-order valence-electron chi connectivity index (χ1n) is 10.00. The molecule has 0 aliphatic heterocycles. The Balaban J connectivity index is 0.00000456. The van der Waals surface area contributed by atoms with E-state index in [9.17, 15) is 22.0 Å². The second-order valence-corrected chi connectivity index (χ2v) is 13.7. The minimum atomic E-state index is -4.44. The van der Waals surface area contributed by atoms with Gasteiger partial charge in [-0.25, -0.2) is 13.6 Å². The molecule has 6 nitrogen and oxygen atoms in total. The molecule has 0 atom stereocenters. The fourth-order valence-electron chi connectivity index (χ4n) is 2.99. The van der Waals surface area contributed by atoms with Crippen molar-refractivity contribution in [3.8, 4) is 0 Å². The molecule has 0 heterocycles. The number of thioether (sulfide) groups is 2. The van der Waals surface area contributed by atoms with Crippen molar-refractivity contribution in [2.45, 2.75) is 33.2 Å². The number of halogens is 3. The molecule has 0 spiro atoms. The van der Waals surface area contributed by atoms with Gasteiger partial charge in [0.1, 0.15) is 0 Å². The van der Waals surface area contributed by atoms with E-state index in [0.29, 0.717) is 15.8 Å². The van der Waals surface area contributed by atoms with Gasteiger partial charge in [-0.3, -0.25) is 4.57 Å². The summed E-state index contributed by atoms with van der Waals surface area (Å²) in [4.78, 5) is 1.04. The van der Waals surface area contributed by atoms with E-state index in [2.05, 4.69) is 49.7 Å². The van der Waals surface area contributed by atoms with Crippen LogP contribution in [0.1, 0.15) is 22.3 Å². The third kappa shape index (κ3) is 9.81. The first-order valence-corrected chi connectivity index (χ1v) is 16.2. The van der Waals surface area contributed by atoms with Gasteiger partial charge in [0.05, 0.1) is 11.1 Å². The fourth-order valence-corrected chi connectivity index (χ4v) is 6.90. The summed E-state index contributed by atoms with van der Waals surface area (Å²) in [6, 6.07) is 20.0. The van der Waals surface area contributed by atoms with E-state index in [-0.39, 0.29) is 34.5 Å². The molecule has 0 aliphatic rings. The zero-order chi connectivity index (χ0) is 25.5. The predicted octanol–water partition coefficient (Wildman–Crippen LogP) is 6.67. The molecule has 0 saturated carbocycles. The van der Waals surface area contributed by atoms with Crippen LogP contribution in [-0.2, 0) is 47.5 Å². The summed E-state index contributed by atoms with van der Waals surface area (Å²) in [5.41, 5.74) is 3.71. The van der Waals surface area contributed by atoms with Crippen LogP contribution >= 0.6 is 47.0 Å². The van der Waals surface area contributed by atoms with Gasteiger partial charge in [-0.05, 0) is 61.6 Å². The first kappa shape index (κ1) is 32.0. The fraction of sp³-hybridized carbons (Fsp3) is 0.182. The molecule has 3 aromatic carbocycles. The second kappa shape index (κ2) is 14.8. The van der Waals surface area contributed by atoms with Crippen LogP contribution in [-0.4, -0.2) is 38.0 Å². The molecule has 0 fully saturated rings. The zero-order valence-corrected chi connectivity index (χ0v) is 23.0. The Labute approximate surface area is 247 Å². The van der Waals surface area contributed by atoms with Crippen molar-refractivity contribution in [1.29, 1.82) is 0 Å². The van der Waals surface area contributed by atoms with E-state index in [1.54, 1.807) is 53.9 Å². The van der Waals surface area contributed by atoms with Gasteiger partial charge in [0.25, 0.3) is 0 Å². The van der Waals surface area contributed by atoms with Gasteiger partial charge in [-0.2, -0.15) is 11.8 Å². The van der Waals surface area contributed by atoms with Gasteiger partial charge in [-0.1, -0.05) is 52.3 Å². The van der Waals surface area contributed by atoms with E-state index in [0.717, 1.165) is 33.1 Å². The molecule has 0 bridgehead atoms. The van der Waals surface area contributed by atoms with Crippen molar-refractivity contribution in [2.75, 3.05) is 0 Å².